The van der Waals surface area contributed by atoms with Crippen LogP contribution in [0.25, 0.3) is 0 Å². The molecule has 0 heterocycles. The van der Waals surface area contributed by atoms with Crippen LogP contribution in [0, 0.1) is 0 Å². The van der Waals surface area contributed by atoms with Crippen molar-refractivity contribution in [3.8, 4) is 0 Å². The van der Waals surface area contributed by atoms with Gasteiger partial charge >= 0.3 is 88.7 Å². The number of hydrogen-bond acceptors (Lipinski definition) is 3. The van der Waals surface area contributed by atoms with Gasteiger partial charge in [-0.3, -0.25) is 0 Å². The molecule has 0 rings (SSSR count). The maximum Gasteiger partial charge on any atom is 1.00 e. The number of rotatable bonds is 0. The molecule has 0 saturated heterocycles. The molecule has 0 bridgehead atoms. The third-order valence-corrected chi connectivity index (χ3v) is 0. The molecule has 0 atom stereocenters. The molecule has 0 aliphatic carbocycles. The van der Waals surface area contributed by atoms with Gasteiger partial charge < -0.3 is 40.5 Å². The van der Waals surface area contributed by atoms with E-state index >= 15 is 0 Å². The second-order valence-corrected chi connectivity index (χ2v) is 0. The Morgan fingerprint density at radius 2 is 0.429 bits per heavy atom. The Balaban J connectivity index is 0. The first-order valence-electron chi connectivity index (χ1n) is 0. The molecule has 0 N–H and O–H groups in total. The molecule has 0 aliphatic heterocycles. The van der Waals surface area contributed by atoms with Gasteiger partial charge in [0.2, 0.25) is 0 Å². The van der Waals surface area contributed by atoms with Crippen molar-refractivity contribution >= 4 is 64.9 Å². The first-order chi connectivity index (χ1) is 0. The normalized spacial score (nSPS) is 0. The van der Waals surface area contributed by atoms with Crippen LogP contribution in [0.1, 0.15) is 0 Å². The molecule has 0 fully saturated rings. The summed E-state index contributed by atoms with van der Waals surface area (Å²) in [5, 5.41) is 0. The zero-order valence-electron chi connectivity index (χ0n) is 4.79. The Morgan fingerprint density at radius 1 is 0.429 bits per heavy atom. The summed E-state index contributed by atoms with van der Waals surface area (Å²) in [7, 11) is 0. The first kappa shape index (κ1) is 59.2. The standard InChI is InChI=1S/3Na.3H2S.Sb/h;;;3*1H2;/q3*+1;;;;/p-3. The first-order valence-corrected chi connectivity index (χ1v) is 0. The SMILES string of the molecule is [Na+].[Na+].[Na+].[SH-].[SH-].[SH-].[Sb]. The van der Waals surface area contributed by atoms with Gasteiger partial charge in [0, 0.05) is 24.4 Å². The van der Waals surface area contributed by atoms with Gasteiger partial charge in [0.1, 0.15) is 0 Å². The zero-order chi connectivity index (χ0) is 0. The fraction of sp³-hybridized carbons (Fsp3) is 0. The van der Waals surface area contributed by atoms with Gasteiger partial charge in [-0.25, -0.2) is 0 Å². The van der Waals surface area contributed by atoms with Crippen molar-refractivity contribution in [2.75, 3.05) is 0 Å². The summed E-state index contributed by atoms with van der Waals surface area (Å²) in [5.41, 5.74) is 0. The van der Waals surface area contributed by atoms with E-state index in [1.54, 1.807) is 0 Å². The van der Waals surface area contributed by atoms with Crippen LogP contribution in [0.5, 0.6) is 0 Å². The van der Waals surface area contributed by atoms with Crippen LogP contribution in [0.2, 0.25) is 0 Å². The van der Waals surface area contributed by atoms with E-state index in [1.165, 1.54) is 0 Å². The molecule has 3 radical (unpaired) electrons. The predicted molar refractivity (Wildman–Crippen MR) is 32.0 cm³/mol. The Labute approximate surface area is 150 Å². The molecule has 7 heavy (non-hydrogen) atoms. The molecule has 0 aromatic carbocycles. The third kappa shape index (κ3) is 36.1. The molecule has 0 aromatic heterocycles. The average Bonchev–Trinajstić information content (AvgIpc) is 0. The molecule has 0 saturated carbocycles. The maximum atomic E-state index is 0. The van der Waals surface area contributed by atoms with Gasteiger partial charge in [0.05, 0.1) is 0 Å². The van der Waals surface area contributed by atoms with Gasteiger partial charge in [-0.1, -0.05) is 0 Å². The minimum Gasteiger partial charge on any atom is -0.813 e. The van der Waals surface area contributed by atoms with E-state index in [9.17, 15) is 0 Å². The zero-order valence-corrected chi connectivity index (χ0v) is 16.0. The second kappa shape index (κ2) is 44.7. The van der Waals surface area contributed by atoms with Crippen molar-refractivity contribution in [2.45, 2.75) is 0 Å². The maximum absolute atomic E-state index is 0. The topological polar surface area (TPSA) is 0 Å². The van der Waals surface area contributed by atoms with E-state index in [4.69, 9.17) is 0 Å². The van der Waals surface area contributed by atoms with Crippen molar-refractivity contribution in [3.63, 3.8) is 0 Å². The fourth-order valence-corrected chi connectivity index (χ4v) is 0. The molecule has 0 amide bonds. The molecule has 0 unspecified atom stereocenters. The molecule has 0 aromatic rings. The van der Waals surface area contributed by atoms with Crippen molar-refractivity contribution in [1.29, 1.82) is 0 Å². The Kier molecular flexibility index (Phi) is 377. The Hall–Kier alpha value is 4.87. The molecule has 0 spiro atoms. The summed E-state index contributed by atoms with van der Waals surface area (Å²) < 4.78 is 0. The third-order valence-electron chi connectivity index (χ3n) is 0. The summed E-state index contributed by atoms with van der Waals surface area (Å²) in [6.07, 6.45) is 0. The van der Waals surface area contributed by atoms with Crippen LogP contribution in [-0.4, -0.2) is 24.4 Å². The van der Waals surface area contributed by atoms with Crippen LogP contribution < -0.4 is 88.7 Å². The van der Waals surface area contributed by atoms with E-state index in [2.05, 4.69) is 0 Å². The van der Waals surface area contributed by atoms with Crippen molar-refractivity contribution in [3.05, 3.63) is 0 Å². The molecule has 0 nitrogen and oxygen atoms in total. The van der Waals surface area contributed by atoms with E-state index in [0.29, 0.717) is 0 Å². The van der Waals surface area contributed by atoms with Crippen LogP contribution in [0.3, 0.4) is 0 Å². The van der Waals surface area contributed by atoms with Crippen LogP contribution in [-0.2, 0) is 40.5 Å². The average molecular weight is 290 g/mol. The largest absolute Gasteiger partial charge is 1.00 e. The Morgan fingerprint density at radius 3 is 0.429 bits per heavy atom. The minimum absolute atomic E-state index is 0. The van der Waals surface area contributed by atoms with Crippen molar-refractivity contribution in [1.82, 2.24) is 0 Å². The van der Waals surface area contributed by atoms with Gasteiger partial charge in [0.15, 0.2) is 0 Å². The molecule has 29 valence electrons. The number of thiol groups is 3. The number of hydrogen-bond donors (Lipinski definition) is 0. The summed E-state index contributed by atoms with van der Waals surface area (Å²) in [5.74, 6) is 0. The van der Waals surface area contributed by atoms with Crippen LogP contribution in [0.4, 0.5) is 0 Å². The van der Waals surface area contributed by atoms with E-state index in [1.807, 2.05) is 0 Å². The van der Waals surface area contributed by atoms with Crippen molar-refractivity contribution in [2.24, 2.45) is 0 Å². The summed E-state index contributed by atoms with van der Waals surface area (Å²) in [6.45, 7) is 0. The van der Waals surface area contributed by atoms with Crippen LogP contribution in [0.15, 0.2) is 0 Å². The minimum atomic E-state index is 0. The predicted octanol–water partition coefficient (Wildman–Crippen LogP) is -10.2. The van der Waals surface area contributed by atoms with Gasteiger partial charge in [-0.05, 0) is 0 Å². The Bertz CT molecular complexity index is 10.1. The van der Waals surface area contributed by atoms with Gasteiger partial charge in [-0.2, -0.15) is 0 Å². The molecular weight excluding hydrogens is 287 g/mol. The summed E-state index contributed by atoms with van der Waals surface area (Å²) in [6, 6.07) is 0. The molecule has 0 aliphatic rings. The summed E-state index contributed by atoms with van der Waals surface area (Å²) >= 11 is 0. The van der Waals surface area contributed by atoms with Gasteiger partial charge in [-0.15, -0.1) is 0 Å². The second-order valence-electron chi connectivity index (χ2n) is 0. The van der Waals surface area contributed by atoms with Crippen LogP contribution >= 0.6 is 0 Å². The van der Waals surface area contributed by atoms with Gasteiger partial charge in [0.25, 0.3) is 0 Å². The van der Waals surface area contributed by atoms with E-state index < -0.39 is 0 Å². The molecular formula is H3Na3S3Sb. The molecule has 7 heteroatoms. The fourth-order valence-electron chi connectivity index (χ4n) is 0. The van der Waals surface area contributed by atoms with E-state index in [-0.39, 0.29) is 154 Å². The summed E-state index contributed by atoms with van der Waals surface area (Å²) in [4.78, 5) is 0. The quantitative estimate of drug-likeness (QED) is 0.247. The smallest absolute Gasteiger partial charge is 0.813 e. The monoisotopic (exact) mass is 289 g/mol. The van der Waals surface area contributed by atoms with E-state index in [0.717, 1.165) is 0 Å². The van der Waals surface area contributed by atoms with Crippen molar-refractivity contribution < 1.29 is 88.7 Å².